The molecule has 0 spiro atoms. The van der Waals surface area contributed by atoms with Gasteiger partial charge >= 0.3 is 0 Å². The summed E-state index contributed by atoms with van der Waals surface area (Å²) in [5, 5.41) is 3.14. The molecule has 0 aliphatic heterocycles. The van der Waals surface area contributed by atoms with E-state index in [0.717, 1.165) is 30.0 Å². The first-order valence-electron chi connectivity index (χ1n) is 5.76. The monoisotopic (exact) mass is 241 g/mol. The minimum Gasteiger partial charge on any atom is -0.319 e. The van der Waals surface area contributed by atoms with Crippen molar-refractivity contribution in [2.45, 2.75) is 19.3 Å². The molecule has 16 heavy (non-hydrogen) atoms. The van der Waals surface area contributed by atoms with E-state index in [4.69, 9.17) is 0 Å². The number of nitrogens with one attached hydrogen (secondary N) is 1. The maximum absolute atomic E-state index is 13.6. The van der Waals surface area contributed by atoms with Crippen molar-refractivity contribution in [3.05, 3.63) is 35.6 Å². The molecule has 0 heterocycles. The predicted molar refractivity (Wildman–Crippen MR) is 70.7 cm³/mol. The second-order valence-corrected chi connectivity index (χ2v) is 5.16. The summed E-state index contributed by atoms with van der Waals surface area (Å²) in [5.41, 5.74) is 0.841. The van der Waals surface area contributed by atoms with Gasteiger partial charge in [-0.15, -0.1) is 0 Å². The lowest BCUT2D eigenvalue weighted by Gasteiger charge is -2.17. The first-order valence-corrected chi connectivity index (χ1v) is 6.91. The van der Waals surface area contributed by atoms with Gasteiger partial charge in [0.2, 0.25) is 0 Å². The van der Waals surface area contributed by atoms with E-state index >= 15 is 0 Å². The molecule has 1 rings (SSSR count). The lowest BCUT2D eigenvalue weighted by molar-refractivity contribution is 0.551. The highest BCUT2D eigenvalue weighted by Gasteiger charge is 2.14. The first kappa shape index (κ1) is 13.5. The summed E-state index contributed by atoms with van der Waals surface area (Å²) < 4.78 is 13.6. The van der Waals surface area contributed by atoms with Gasteiger partial charge in [0.05, 0.1) is 0 Å². The molecule has 0 amide bonds. The molecular formula is C13H20FNS. The summed E-state index contributed by atoms with van der Waals surface area (Å²) in [6, 6.07) is 7.10. The Morgan fingerprint density at radius 2 is 2.12 bits per heavy atom. The van der Waals surface area contributed by atoms with Crippen LogP contribution in [0.5, 0.6) is 0 Å². The van der Waals surface area contributed by atoms with Crippen molar-refractivity contribution in [2.24, 2.45) is 0 Å². The third-order valence-corrected chi connectivity index (χ3v) is 3.54. The van der Waals surface area contributed by atoms with Crippen molar-refractivity contribution in [1.29, 1.82) is 0 Å². The van der Waals surface area contributed by atoms with Gasteiger partial charge in [-0.1, -0.05) is 25.1 Å². The molecule has 0 aliphatic carbocycles. The van der Waals surface area contributed by atoms with E-state index in [1.165, 1.54) is 0 Å². The maximum Gasteiger partial charge on any atom is 0.126 e. The standard InChI is InChI=1S/C13H20FNS/c1-3-16-9-8-11(10-15-2)12-6-4-5-7-13(12)14/h4-7,11,15H,3,8-10H2,1-2H3. The Kier molecular flexibility index (Phi) is 6.50. The summed E-state index contributed by atoms with van der Waals surface area (Å²) in [4.78, 5) is 0. The number of thioether (sulfide) groups is 1. The molecule has 1 N–H and O–H groups in total. The van der Waals surface area contributed by atoms with Crippen LogP contribution < -0.4 is 5.32 Å². The van der Waals surface area contributed by atoms with Gasteiger partial charge in [0, 0.05) is 12.5 Å². The first-order chi connectivity index (χ1) is 7.79. The van der Waals surface area contributed by atoms with Crippen LogP contribution in [0, 0.1) is 5.82 Å². The summed E-state index contributed by atoms with van der Waals surface area (Å²) >= 11 is 1.91. The van der Waals surface area contributed by atoms with E-state index < -0.39 is 0 Å². The van der Waals surface area contributed by atoms with Crippen LogP contribution in [-0.2, 0) is 0 Å². The number of hydrogen-bond acceptors (Lipinski definition) is 2. The van der Waals surface area contributed by atoms with Crippen molar-refractivity contribution in [1.82, 2.24) is 5.32 Å². The van der Waals surface area contributed by atoms with Crippen LogP contribution in [0.3, 0.4) is 0 Å². The molecule has 0 aromatic heterocycles. The minimum absolute atomic E-state index is 0.0794. The van der Waals surface area contributed by atoms with Gasteiger partial charge in [0.1, 0.15) is 5.82 Å². The highest BCUT2D eigenvalue weighted by atomic mass is 32.2. The van der Waals surface area contributed by atoms with Crippen molar-refractivity contribution < 1.29 is 4.39 Å². The van der Waals surface area contributed by atoms with E-state index in [-0.39, 0.29) is 11.7 Å². The number of halogens is 1. The number of benzene rings is 1. The lowest BCUT2D eigenvalue weighted by Crippen LogP contribution is -2.18. The molecule has 0 fully saturated rings. The Morgan fingerprint density at radius 1 is 1.38 bits per heavy atom. The Labute approximate surface area is 102 Å². The largest absolute Gasteiger partial charge is 0.319 e. The molecule has 90 valence electrons. The number of hydrogen-bond donors (Lipinski definition) is 1. The van der Waals surface area contributed by atoms with Crippen molar-refractivity contribution in [3.63, 3.8) is 0 Å². The van der Waals surface area contributed by atoms with Gasteiger partial charge in [-0.2, -0.15) is 11.8 Å². The topological polar surface area (TPSA) is 12.0 Å². The second-order valence-electron chi connectivity index (χ2n) is 3.76. The molecule has 1 nitrogen and oxygen atoms in total. The predicted octanol–water partition coefficient (Wildman–Crippen LogP) is 3.27. The van der Waals surface area contributed by atoms with Crippen molar-refractivity contribution in [2.75, 3.05) is 25.1 Å². The zero-order chi connectivity index (χ0) is 11.8. The molecule has 0 radical (unpaired) electrons. The van der Waals surface area contributed by atoms with Crippen LogP contribution in [0.1, 0.15) is 24.8 Å². The van der Waals surface area contributed by atoms with Crippen LogP contribution in [0.2, 0.25) is 0 Å². The third kappa shape index (κ3) is 4.14. The van der Waals surface area contributed by atoms with E-state index in [0.29, 0.717) is 0 Å². The van der Waals surface area contributed by atoms with Crippen LogP contribution in [0.4, 0.5) is 4.39 Å². The molecular weight excluding hydrogens is 221 g/mol. The average Bonchev–Trinajstić information content (AvgIpc) is 2.29. The van der Waals surface area contributed by atoms with Gasteiger partial charge in [0.25, 0.3) is 0 Å². The zero-order valence-corrected chi connectivity index (χ0v) is 10.8. The Hall–Kier alpha value is -0.540. The second kappa shape index (κ2) is 7.69. The van der Waals surface area contributed by atoms with Gasteiger partial charge < -0.3 is 5.32 Å². The van der Waals surface area contributed by atoms with Crippen LogP contribution >= 0.6 is 11.8 Å². The number of rotatable bonds is 7. The Bertz CT molecular complexity index is 304. The highest BCUT2D eigenvalue weighted by molar-refractivity contribution is 7.99. The fourth-order valence-corrected chi connectivity index (χ4v) is 2.53. The Balaban J connectivity index is 2.65. The molecule has 1 aromatic rings. The fourth-order valence-electron chi connectivity index (χ4n) is 1.79. The molecule has 0 bridgehead atoms. The fraction of sp³-hybridized carbons (Fsp3) is 0.538. The molecule has 1 unspecified atom stereocenters. The van der Waals surface area contributed by atoms with Crippen LogP contribution in [0.15, 0.2) is 24.3 Å². The quantitative estimate of drug-likeness (QED) is 0.735. The molecule has 1 aromatic carbocycles. The smallest absolute Gasteiger partial charge is 0.126 e. The van der Waals surface area contributed by atoms with Crippen LogP contribution in [0.25, 0.3) is 0 Å². The van der Waals surface area contributed by atoms with E-state index in [2.05, 4.69) is 12.2 Å². The average molecular weight is 241 g/mol. The molecule has 0 saturated heterocycles. The minimum atomic E-state index is -0.0794. The summed E-state index contributed by atoms with van der Waals surface area (Å²) in [6.07, 6.45) is 1.03. The molecule has 1 atom stereocenters. The lowest BCUT2D eigenvalue weighted by atomic mass is 9.96. The number of likely N-dealkylation sites (N-methyl/N-ethyl adjacent to an activating group) is 1. The van der Waals surface area contributed by atoms with Gasteiger partial charge in [-0.25, -0.2) is 4.39 Å². The van der Waals surface area contributed by atoms with Crippen molar-refractivity contribution in [3.8, 4) is 0 Å². The zero-order valence-electron chi connectivity index (χ0n) is 10.0. The van der Waals surface area contributed by atoms with E-state index in [1.54, 1.807) is 12.1 Å². The summed E-state index contributed by atoms with van der Waals surface area (Å²) in [7, 11) is 1.92. The highest BCUT2D eigenvalue weighted by Crippen LogP contribution is 2.23. The molecule has 0 aliphatic rings. The maximum atomic E-state index is 13.6. The van der Waals surface area contributed by atoms with E-state index in [1.807, 2.05) is 30.9 Å². The normalized spacial score (nSPS) is 12.7. The summed E-state index contributed by atoms with van der Waals surface area (Å²) in [6.45, 7) is 2.99. The SMILES string of the molecule is CCSCCC(CNC)c1ccccc1F. The van der Waals surface area contributed by atoms with Gasteiger partial charge in [0.15, 0.2) is 0 Å². The van der Waals surface area contributed by atoms with Gasteiger partial charge in [-0.05, 0) is 36.6 Å². The third-order valence-electron chi connectivity index (χ3n) is 2.61. The molecule has 3 heteroatoms. The van der Waals surface area contributed by atoms with Gasteiger partial charge in [-0.3, -0.25) is 0 Å². The Morgan fingerprint density at radius 3 is 2.75 bits per heavy atom. The molecule has 0 saturated carbocycles. The van der Waals surface area contributed by atoms with Crippen molar-refractivity contribution >= 4 is 11.8 Å². The van der Waals surface area contributed by atoms with Crippen LogP contribution in [-0.4, -0.2) is 25.1 Å². The van der Waals surface area contributed by atoms with E-state index in [9.17, 15) is 4.39 Å². The summed E-state index contributed by atoms with van der Waals surface area (Å²) in [5.74, 6) is 2.43.